The minimum absolute atomic E-state index is 0.217. The van der Waals surface area contributed by atoms with Crippen LogP contribution in [0.15, 0.2) is 42.5 Å². The molecule has 5 nitrogen and oxygen atoms in total. The summed E-state index contributed by atoms with van der Waals surface area (Å²) in [6, 6.07) is 12.4. The summed E-state index contributed by atoms with van der Waals surface area (Å²) in [7, 11) is 3.18. The number of rotatable bonds is 4. The summed E-state index contributed by atoms with van der Waals surface area (Å²) in [5, 5.41) is 5.81. The summed E-state index contributed by atoms with van der Waals surface area (Å²) in [4.78, 5) is 12.2. The molecule has 0 saturated heterocycles. The van der Waals surface area contributed by atoms with E-state index < -0.39 is 0 Å². The lowest BCUT2D eigenvalue weighted by Crippen LogP contribution is -2.34. The molecule has 0 saturated carbocycles. The van der Waals surface area contributed by atoms with E-state index in [4.69, 9.17) is 21.7 Å². The number of benzene rings is 2. The van der Waals surface area contributed by atoms with Crippen molar-refractivity contribution in [2.45, 2.75) is 0 Å². The maximum absolute atomic E-state index is 12.2. The maximum Gasteiger partial charge on any atom is 0.257 e. The molecule has 0 atom stereocenters. The van der Waals surface area contributed by atoms with Crippen LogP contribution in [0.5, 0.6) is 11.5 Å². The molecule has 0 heterocycles. The number of ether oxygens (including phenoxy) is 2. The summed E-state index contributed by atoms with van der Waals surface area (Å²) in [6.07, 6.45) is 0. The number of nitrogens with one attached hydrogen (secondary N) is 2. The molecule has 7 heteroatoms. The molecule has 0 aliphatic heterocycles. The van der Waals surface area contributed by atoms with Gasteiger partial charge >= 0.3 is 0 Å². The van der Waals surface area contributed by atoms with Crippen molar-refractivity contribution in [1.82, 2.24) is 5.32 Å². The van der Waals surface area contributed by atoms with Crippen molar-refractivity contribution in [3.8, 4) is 11.5 Å². The lowest BCUT2D eigenvalue weighted by Gasteiger charge is -2.11. The van der Waals surface area contributed by atoms with E-state index in [0.717, 1.165) is 15.0 Å². The van der Waals surface area contributed by atoms with Crippen LogP contribution in [0.1, 0.15) is 10.4 Å². The van der Waals surface area contributed by atoms with Crippen molar-refractivity contribution in [2.24, 2.45) is 0 Å². The Morgan fingerprint density at radius 2 is 1.91 bits per heavy atom. The van der Waals surface area contributed by atoms with E-state index in [1.54, 1.807) is 38.5 Å². The molecular weight excluding hydrogens is 427 g/mol. The van der Waals surface area contributed by atoms with Crippen LogP contribution in [0.25, 0.3) is 0 Å². The van der Waals surface area contributed by atoms with E-state index in [1.165, 1.54) is 0 Å². The third kappa shape index (κ3) is 4.80. The SMILES string of the molecule is COc1cccc(NC(=S)NC(=O)c2ccc(OC)c(I)c2)c1. The highest BCUT2D eigenvalue weighted by Crippen LogP contribution is 2.21. The lowest BCUT2D eigenvalue weighted by molar-refractivity contribution is 0.0977. The van der Waals surface area contributed by atoms with Crippen LogP contribution in [-0.4, -0.2) is 25.2 Å². The van der Waals surface area contributed by atoms with E-state index >= 15 is 0 Å². The Bertz CT molecular complexity index is 737. The van der Waals surface area contributed by atoms with Gasteiger partial charge in [0.15, 0.2) is 5.11 Å². The van der Waals surface area contributed by atoms with Gasteiger partial charge in [-0.2, -0.15) is 0 Å². The first-order valence-electron chi connectivity index (χ1n) is 6.63. The van der Waals surface area contributed by atoms with Gasteiger partial charge in [0.1, 0.15) is 11.5 Å². The Balaban J connectivity index is 2.01. The van der Waals surface area contributed by atoms with Gasteiger partial charge in [-0.15, -0.1) is 0 Å². The van der Waals surface area contributed by atoms with Crippen molar-refractivity contribution in [3.05, 3.63) is 51.6 Å². The highest BCUT2D eigenvalue weighted by atomic mass is 127. The first-order valence-corrected chi connectivity index (χ1v) is 8.12. The van der Waals surface area contributed by atoms with Gasteiger partial charge in [-0.1, -0.05) is 6.07 Å². The van der Waals surface area contributed by atoms with E-state index in [1.807, 2.05) is 18.2 Å². The second-order valence-electron chi connectivity index (χ2n) is 4.49. The van der Waals surface area contributed by atoms with E-state index in [-0.39, 0.29) is 11.0 Å². The van der Waals surface area contributed by atoms with Gasteiger partial charge in [-0.25, -0.2) is 0 Å². The molecular formula is C16H15IN2O3S. The fourth-order valence-electron chi connectivity index (χ4n) is 1.85. The van der Waals surface area contributed by atoms with Gasteiger partial charge in [0.25, 0.3) is 5.91 Å². The highest BCUT2D eigenvalue weighted by molar-refractivity contribution is 14.1. The molecule has 0 aliphatic rings. The minimum Gasteiger partial charge on any atom is -0.497 e. The largest absolute Gasteiger partial charge is 0.497 e. The van der Waals surface area contributed by atoms with Gasteiger partial charge in [0.05, 0.1) is 17.8 Å². The normalized spacial score (nSPS) is 9.87. The standard InChI is InChI=1S/C16H15IN2O3S/c1-21-12-5-3-4-11(9-12)18-16(23)19-15(20)10-6-7-14(22-2)13(17)8-10/h3-9H,1-2H3,(H2,18,19,20,23). The Morgan fingerprint density at radius 3 is 2.57 bits per heavy atom. The van der Waals surface area contributed by atoms with Crippen molar-refractivity contribution >= 4 is 51.5 Å². The number of thiocarbonyl (C=S) groups is 1. The molecule has 0 aliphatic carbocycles. The van der Waals surface area contributed by atoms with Gasteiger partial charge in [0.2, 0.25) is 0 Å². The summed E-state index contributed by atoms with van der Waals surface area (Å²) in [6.45, 7) is 0. The fraction of sp³-hybridized carbons (Fsp3) is 0.125. The maximum atomic E-state index is 12.2. The Morgan fingerprint density at radius 1 is 1.13 bits per heavy atom. The van der Waals surface area contributed by atoms with Crippen LogP contribution < -0.4 is 20.1 Å². The zero-order chi connectivity index (χ0) is 16.8. The van der Waals surface area contributed by atoms with Gasteiger partial charge in [0, 0.05) is 17.3 Å². The number of carbonyl (C=O) groups is 1. The molecule has 2 aromatic carbocycles. The van der Waals surface area contributed by atoms with Crippen LogP contribution in [0.2, 0.25) is 0 Å². The quantitative estimate of drug-likeness (QED) is 0.562. The van der Waals surface area contributed by atoms with Gasteiger partial charge in [-0.05, 0) is 65.1 Å². The second kappa shape index (κ2) is 8.11. The molecule has 0 bridgehead atoms. The summed E-state index contributed by atoms with van der Waals surface area (Å²) in [5.41, 5.74) is 1.24. The minimum atomic E-state index is -0.286. The molecule has 120 valence electrons. The zero-order valence-electron chi connectivity index (χ0n) is 12.6. The number of hydrogen-bond donors (Lipinski definition) is 2. The topological polar surface area (TPSA) is 59.6 Å². The molecule has 2 N–H and O–H groups in total. The number of methoxy groups -OCH3 is 2. The van der Waals surface area contributed by atoms with Crippen molar-refractivity contribution in [3.63, 3.8) is 0 Å². The first-order chi connectivity index (χ1) is 11.0. The summed E-state index contributed by atoms with van der Waals surface area (Å²) in [5.74, 6) is 1.14. The highest BCUT2D eigenvalue weighted by Gasteiger charge is 2.10. The first kappa shape index (κ1) is 17.5. The van der Waals surface area contributed by atoms with Crippen molar-refractivity contribution < 1.29 is 14.3 Å². The molecule has 0 unspecified atom stereocenters. The Kier molecular flexibility index (Phi) is 6.17. The molecule has 0 radical (unpaired) electrons. The predicted octanol–water partition coefficient (Wildman–Crippen LogP) is 3.44. The molecule has 1 amide bonds. The molecule has 0 fully saturated rings. The number of anilines is 1. The molecule has 0 aromatic heterocycles. The van der Waals surface area contributed by atoms with Crippen LogP contribution in [-0.2, 0) is 0 Å². The monoisotopic (exact) mass is 442 g/mol. The smallest absolute Gasteiger partial charge is 0.257 e. The second-order valence-corrected chi connectivity index (χ2v) is 6.06. The van der Waals surface area contributed by atoms with Crippen LogP contribution in [0.4, 0.5) is 5.69 Å². The summed E-state index contributed by atoms with van der Waals surface area (Å²) < 4.78 is 11.2. The van der Waals surface area contributed by atoms with E-state index in [9.17, 15) is 4.79 Å². The summed E-state index contributed by atoms with van der Waals surface area (Å²) >= 11 is 7.27. The van der Waals surface area contributed by atoms with Gasteiger partial charge in [-0.3, -0.25) is 10.1 Å². The lowest BCUT2D eigenvalue weighted by atomic mass is 10.2. The average molecular weight is 442 g/mol. The zero-order valence-corrected chi connectivity index (χ0v) is 15.5. The number of carbonyl (C=O) groups excluding carboxylic acids is 1. The van der Waals surface area contributed by atoms with Crippen molar-refractivity contribution in [2.75, 3.05) is 19.5 Å². The predicted molar refractivity (Wildman–Crippen MR) is 102 cm³/mol. The Labute approximate surface area is 153 Å². The Hall–Kier alpha value is -1.87. The van der Waals surface area contributed by atoms with E-state index in [0.29, 0.717) is 11.3 Å². The third-order valence-corrected chi connectivity index (χ3v) is 4.02. The third-order valence-electron chi connectivity index (χ3n) is 2.97. The van der Waals surface area contributed by atoms with Crippen molar-refractivity contribution in [1.29, 1.82) is 0 Å². The number of amides is 1. The molecule has 2 rings (SSSR count). The van der Waals surface area contributed by atoms with Gasteiger partial charge < -0.3 is 14.8 Å². The molecule has 0 spiro atoms. The van der Waals surface area contributed by atoms with Crippen LogP contribution in [0, 0.1) is 3.57 Å². The van der Waals surface area contributed by atoms with Crippen LogP contribution in [0.3, 0.4) is 0 Å². The molecule has 2 aromatic rings. The molecule has 23 heavy (non-hydrogen) atoms. The fourth-order valence-corrected chi connectivity index (χ4v) is 2.79. The van der Waals surface area contributed by atoms with Crippen LogP contribution >= 0.6 is 34.8 Å². The number of halogens is 1. The number of hydrogen-bond acceptors (Lipinski definition) is 4. The van der Waals surface area contributed by atoms with E-state index in [2.05, 4.69) is 33.2 Å². The average Bonchev–Trinajstić information content (AvgIpc) is 2.54.